The fourth-order valence-electron chi connectivity index (χ4n) is 1.30. The summed E-state index contributed by atoms with van der Waals surface area (Å²) in [6.07, 6.45) is 2.61. The van der Waals surface area contributed by atoms with Crippen molar-refractivity contribution in [1.82, 2.24) is 14.7 Å². The number of nitrogens with two attached hydrogens (primary N) is 2. The van der Waals surface area contributed by atoms with Crippen molar-refractivity contribution in [2.75, 3.05) is 32.1 Å². The summed E-state index contributed by atoms with van der Waals surface area (Å²) >= 11 is 0. The lowest BCUT2D eigenvalue weighted by molar-refractivity contribution is 0.348. The summed E-state index contributed by atoms with van der Waals surface area (Å²) in [6.45, 7) is 3.10. The van der Waals surface area contributed by atoms with Gasteiger partial charge in [0, 0.05) is 0 Å². The Balaban J connectivity index is 2.60. The monoisotopic (exact) mass is 197 g/mol. The number of anilines is 2. The van der Waals surface area contributed by atoms with E-state index in [2.05, 4.69) is 16.9 Å². The van der Waals surface area contributed by atoms with E-state index in [0.29, 0.717) is 11.5 Å². The maximum atomic E-state index is 5.77. The first kappa shape index (κ1) is 10.8. The van der Waals surface area contributed by atoms with Crippen LogP contribution in [0.25, 0.3) is 0 Å². The van der Waals surface area contributed by atoms with Crippen molar-refractivity contribution in [3.8, 4) is 0 Å². The van der Waals surface area contributed by atoms with Gasteiger partial charge in [-0.3, -0.25) is 0 Å². The molecule has 0 radical (unpaired) electrons. The fourth-order valence-corrected chi connectivity index (χ4v) is 1.30. The second-order valence-electron chi connectivity index (χ2n) is 3.87. The van der Waals surface area contributed by atoms with Crippen LogP contribution < -0.4 is 11.5 Å². The third kappa shape index (κ3) is 2.38. The Morgan fingerprint density at radius 2 is 2.14 bits per heavy atom. The summed E-state index contributed by atoms with van der Waals surface area (Å²) < 4.78 is 1.78. The van der Waals surface area contributed by atoms with Gasteiger partial charge in [0.15, 0.2) is 0 Å². The maximum absolute atomic E-state index is 5.77. The molecule has 0 amide bonds. The van der Waals surface area contributed by atoms with Gasteiger partial charge < -0.3 is 16.4 Å². The molecule has 0 aliphatic heterocycles. The summed E-state index contributed by atoms with van der Waals surface area (Å²) in [5, 5.41) is 4.14. The molecule has 1 unspecified atom stereocenters. The van der Waals surface area contributed by atoms with Crippen LogP contribution in [0.5, 0.6) is 0 Å². The average molecular weight is 197 g/mol. The minimum atomic E-state index is 0.287. The first-order valence-corrected chi connectivity index (χ1v) is 4.75. The third-order valence-electron chi connectivity index (χ3n) is 2.28. The molecule has 1 rings (SSSR count). The second kappa shape index (κ2) is 4.32. The van der Waals surface area contributed by atoms with Crippen molar-refractivity contribution in [2.45, 2.75) is 19.4 Å². The zero-order valence-corrected chi connectivity index (χ0v) is 9.07. The van der Waals surface area contributed by atoms with Crippen LogP contribution in [0.2, 0.25) is 0 Å². The van der Waals surface area contributed by atoms with E-state index in [1.165, 1.54) is 0 Å². The smallest absolute Gasteiger partial charge is 0.145 e. The van der Waals surface area contributed by atoms with Crippen LogP contribution in [0, 0.1) is 0 Å². The van der Waals surface area contributed by atoms with Gasteiger partial charge in [-0.2, -0.15) is 5.10 Å². The first-order valence-electron chi connectivity index (χ1n) is 4.75. The van der Waals surface area contributed by atoms with Gasteiger partial charge in [0.25, 0.3) is 0 Å². The van der Waals surface area contributed by atoms with Gasteiger partial charge >= 0.3 is 0 Å². The summed E-state index contributed by atoms with van der Waals surface area (Å²) in [5.41, 5.74) is 11.9. The molecular formula is C9H19N5. The van der Waals surface area contributed by atoms with Gasteiger partial charge in [0.1, 0.15) is 5.82 Å². The van der Waals surface area contributed by atoms with Crippen LogP contribution in [-0.4, -0.2) is 35.3 Å². The van der Waals surface area contributed by atoms with Crippen molar-refractivity contribution in [3.63, 3.8) is 0 Å². The number of aromatic nitrogens is 2. The number of nitrogen functional groups attached to an aromatic ring is 2. The Labute approximate surface area is 84.7 Å². The number of hydrogen-bond acceptors (Lipinski definition) is 4. The number of rotatable bonds is 4. The Kier molecular flexibility index (Phi) is 3.35. The number of nitrogens with zero attached hydrogens (tertiary/aromatic N) is 3. The third-order valence-corrected chi connectivity index (χ3v) is 2.28. The van der Waals surface area contributed by atoms with Crippen molar-refractivity contribution < 1.29 is 0 Å². The lowest BCUT2D eigenvalue weighted by atomic mass is 10.2. The maximum Gasteiger partial charge on any atom is 0.145 e. The fraction of sp³-hybridized carbons (Fsp3) is 0.667. The van der Waals surface area contributed by atoms with Crippen molar-refractivity contribution in [3.05, 3.63) is 6.20 Å². The predicted molar refractivity (Wildman–Crippen MR) is 58.9 cm³/mol. The second-order valence-corrected chi connectivity index (χ2v) is 3.87. The van der Waals surface area contributed by atoms with E-state index in [9.17, 15) is 0 Å². The molecule has 1 atom stereocenters. The Hall–Kier alpha value is -1.23. The van der Waals surface area contributed by atoms with E-state index in [0.717, 1.165) is 13.0 Å². The van der Waals surface area contributed by atoms with Crippen LogP contribution in [0.4, 0.5) is 11.5 Å². The molecule has 1 aromatic rings. The average Bonchev–Trinajstić information content (AvgIpc) is 2.44. The summed E-state index contributed by atoms with van der Waals surface area (Å²) in [5.74, 6) is 0.566. The molecule has 14 heavy (non-hydrogen) atoms. The lowest BCUT2D eigenvalue weighted by Gasteiger charge is -2.16. The lowest BCUT2D eigenvalue weighted by Crippen LogP contribution is -2.19. The van der Waals surface area contributed by atoms with E-state index >= 15 is 0 Å². The molecule has 0 fully saturated rings. The van der Waals surface area contributed by atoms with E-state index in [1.807, 2.05) is 14.1 Å². The van der Waals surface area contributed by atoms with Gasteiger partial charge in [-0.25, -0.2) is 4.68 Å². The van der Waals surface area contributed by atoms with E-state index < -0.39 is 0 Å². The Morgan fingerprint density at radius 1 is 1.50 bits per heavy atom. The van der Waals surface area contributed by atoms with E-state index in [4.69, 9.17) is 11.5 Å². The highest BCUT2D eigenvalue weighted by atomic mass is 15.3. The van der Waals surface area contributed by atoms with Gasteiger partial charge in [0.05, 0.1) is 17.9 Å². The Morgan fingerprint density at radius 3 is 2.57 bits per heavy atom. The molecule has 0 aromatic carbocycles. The normalized spacial score (nSPS) is 13.4. The van der Waals surface area contributed by atoms with Gasteiger partial charge in [-0.15, -0.1) is 0 Å². The minimum absolute atomic E-state index is 0.287. The molecule has 0 spiro atoms. The highest BCUT2D eigenvalue weighted by molar-refractivity contribution is 5.57. The Bertz CT molecular complexity index is 291. The van der Waals surface area contributed by atoms with E-state index in [1.54, 1.807) is 10.9 Å². The quantitative estimate of drug-likeness (QED) is 0.739. The highest BCUT2D eigenvalue weighted by Gasteiger charge is 2.10. The van der Waals surface area contributed by atoms with Crippen LogP contribution in [0.15, 0.2) is 6.20 Å². The summed E-state index contributed by atoms with van der Waals surface area (Å²) in [7, 11) is 4.10. The van der Waals surface area contributed by atoms with Crippen molar-refractivity contribution >= 4 is 11.5 Å². The summed E-state index contributed by atoms with van der Waals surface area (Å²) in [4.78, 5) is 2.14. The standard InChI is InChI=1S/C9H19N5/c1-7(4-5-13(2)3)14-9(11)8(10)6-12-14/h6-7H,4-5,10-11H2,1-3H3. The molecule has 5 heteroatoms. The molecule has 0 aliphatic carbocycles. The molecular weight excluding hydrogens is 178 g/mol. The molecule has 0 saturated heterocycles. The molecule has 5 nitrogen and oxygen atoms in total. The zero-order valence-electron chi connectivity index (χ0n) is 9.07. The van der Waals surface area contributed by atoms with E-state index in [-0.39, 0.29) is 6.04 Å². The predicted octanol–water partition coefficient (Wildman–Crippen LogP) is 0.560. The molecule has 0 saturated carbocycles. The topological polar surface area (TPSA) is 73.1 Å². The highest BCUT2D eigenvalue weighted by Crippen LogP contribution is 2.19. The zero-order chi connectivity index (χ0) is 10.7. The molecule has 80 valence electrons. The molecule has 4 N–H and O–H groups in total. The van der Waals surface area contributed by atoms with Gasteiger partial charge in [-0.05, 0) is 34.0 Å². The van der Waals surface area contributed by atoms with Crippen molar-refractivity contribution in [2.24, 2.45) is 0 Å². The van der Waals surface area contributed by atoms with Crippen molar-refractivity contribution in [1.29, 1.82) is 0 Å². The molecule has 1 heterocycles. The van der Waals surface area contributed by atoms with Crippen LogP contribution in [0.3, 0.4) is 0 Å². The minimum Gasteiger partial charge on any atom is -0.394 e. The number of hydrogen-bond donors (Lipinski definition) is 2. The van der Waals surface area contributed by atoms with Crippen LogP contribution >= 0.6 is 0 Å². The molecule has 0 aliphatic rings. The van der Waals surface area contributed by atoms with Gasteiger partial charge in [-0.1, -0.05) is 0 Å². The molecule has 0 bridgehead atoms. The van der Waals surface area contributed by atoms with Gasteiger partial charge in [0.2, 0.25) is 0 Å². The SMILES string of the molecule is CC(CCN(C)C)n1ncc(N)c1N. The molecule has 1 aromatic heterocycles. The largest absolute Gasteiger partial charge is 0.394 e. The van der Waals surface area contributed by atoms with Crippen LogP contribution in [0.1, 0.15) is 19.4 Å². The first-order chi connectivity index (χ1) is 6.52. The summed E-state index contributed by atoms with van der Waals surface area (Å²) in [6, 6.07) is 0.287. The van der Waals surface area contributed by atoms with Crippen LogP contribution in [-0.2, 0) is 0 Å².